The number of hydrogen-bond donors (Lipinski definition) is 2. The van der Waals surface area contributed by atoms with Crippen LogP contribution in [-0.2, 0) is 17.9 Å². The minimum atomic E-state index is -0.584. The Hall–Kier alpha value is -2.61. The molecule has 0 aliphatic rings. The summed E-state index contributed by atoms with van der Waals surface area (Å²) in [5, 5.41) is 19.5. The number of methoxy groups -OCH3 is 1. The molecule has 124 valence electrons. The fourth-order valence-corrected chi connectivity index (χ4v) is 1.84. The topological polar surface area (TPSA) is 98.5 Å². The predicted molar refractivity (Wildman–Crippen MR) is 82.0 cm³/mol. The summed E-state index contributed by atoms with van der Waals surface area (Å²) in [6.45, 7) is 2.06. The maximum absolute atomic E-state index is 11.6. The Kier molecular flexibility index (Phi) is 5.93. The average molecular weight is 320 g/mol. The van der Waals surface area contributed by atoms with E-state index in [2.05, 4.69) is 15.6 Å². The Morgan fingerprint density at radius 3 is 2.83 bits per heavy atom. The summed E-state index contributed by atoms with van der Waals surface area (Å²) in [5.74, 6) is 1.00. The molecule has 1 heterocycles. The summed E-state index contributed by atoms with van der Waals surface area (Å²) in [5.41, 5.74) is 0.597. The van der Waals surface area contributed by atoms with Gasteiger partial charge in [-0.1, -0.05) is 17.3 Å². The van der Waals surface area contributed by atoms with Gasteiger partial charge in [0.1, 0.15) is 18.8 Å². The molecule has 23 heavy (non-hydrogen) atoms. The molecule has 0 saturated heterocycles. The molecule has 2 rings (SSSR count). The van der Waals surface area contributed by atoms with Crippen molar-refractivity contribution >= 4 is 5.91 Å². The van der Waals surface area contributed by atoms with Crippen LogP contribution in [0.2, 0.25) is 0 Å². The van der Waals surface area contributed by atoms with Gasteiger partial charge in [0.05, 0.1) is 19.4 Å². The molecule has 0 aliphatic carbocycles. The molecule has 8 nitrogen and oxygen atoms in total. The smallest absolute Gasteiger partial charge is 0.241 e. The standard InChI is InChI=1S/C15H20N4O4/c1-11(20)7-16-15(21)9-19-8-12(17-18-19)10-23-14-6-4-3-5-13(14)22-2/h3-6,8,11,20H,7,9-10H2,1-2H3,(H,16,21)/t11-/m0/s1. The number of aromatic nitrogens is 3. The van der Waals surface area contributed by atoms with Gasteiger partial charge in [0.15, 0.2) is 11.5 Å². The summed E-state index contributed by atoms with van der Waals surface area (Å²) in [6, 6.07) is 7.31. The van der Waals surface area contributed by atoms with Crippen molar-refractivity contribution in [1.82, 2.24) is 20.3 Å². The van der Waals surface area contributed by atoms with Gasteiger partial charge in [-0.05, 0) is 19.1 Å². The molecular weight excluding hydrogens is 300 g/mol. The molecule has 1 amide bonds. The quantitative estimate of drug-likeness (QED) is 0.729. The number of hydrogen-bond acceptors (Lipinski definition) is 6. The van der Waals surface area contributed by atoms with Gasteiger partial charge in [0.25, 0.3) is 0 Å². The molecular formula is C15H20N4O4. The third-order valence-electron chi connectivity index (χ3n) is 2.93. The van der Waals surface area contributed by atoms with Crippen LogP contribution < -0.4 is 14.8 Å². The number of nitrogens with zero attached hydrogens (tertiary/aromatic N) is 3. The number of carbonyl (C=O) groups is 1. The van der Waals surface area contributed by atoms with Gasteiger partial charge in [-0.2, -0.15) is 0 Å². The lowest BCUT2D eigenvalue weighted by Gasteiger charge is -2.08. The van der Waals surface area contributed by atoms with Gasteiger partial charge >= 0.3 is 0 Å². The molecule has 0 unspecified atom stereocenters. The number of amides is 1. The van der Waals surface area contributed by atoms with Crippen LogP contribution in [0, 0.1) is 0 Å². The Bertz CT molecular complexity index is 642. The van der Waals surface area contributed by atoms with Crippen LogP contribution in [0.4, 0.5) is 0 Å². The minimum Gasteiger partial charge on any atom is -0.493 e. The van der Waals surface area contributed by atoms with E-state index in [1.807, 2.05) is 12.1 Å². The molecule has 0 fully saturated rings. The molecule has 0 spiro atoms. The van der Waals surface area contributed by atoms with E-state index in [0.29, 0.717) is 17.2 Å². The van der Waals surface area contributed by atoms with Crippen molar-refractivity contribution in [3.63, 3.8) is 0 Å². The van der Waals surface area contributed by atoms with E-state index in [9.17, 15) is 4.79 Å². The van der Waals surface area contributed by atoms with E-state index in [-0.39, 0.29) is 25.6 Å². The highest BCUT2D eigenvalue weighted by Gasteiger charge is 2.08. The van der Waals surface area contributed by atoms with Gasteiger partial charge in [-0.3, -0.25) is 4.79 Å². The predicted octanol–water partition coefficient (Wildman–Crippen LogP) is 0.363. The van der Waals surface area contributed by atoms with Crippen molar-refractivity contribution in [1.29, 1.82) is 0 Å². The summed E-state index contributed by atoms with van der Waals surface area (Å²) in [6.07, 6.45) is 1.05. The molecule has 0 radical (unpaired) electrons. The number of ether oxygens (including phenoxy) is 2. The van der Waals surface area contributed by atoms with Crippen LogP contribution in [0.5, 0.6) is 11.5 Å². The first kappa shape index (κ1) is 16.8. The average Bonchev–Trinajstić information content (AvgIpc) is 2.98. The van der Waals surface area contributed by atoms with Crippen LogP contribution in [0.3, 0.4) is 0 Å². The Labute approximate surface area is 134 Å². The lowest BCUT2D eigenvalue weighted by Crippen LogP contribution is -2.33. The normalized spacial score (nSPS) is 11.8. The zero-order valence-corrected chi connectivity index (χ0v) is 13.1. The second-order valence-electron chi connectivity index (χ2n) is 5.00. The highest BCUT2D eigenvalue weighted by atomic mass is 16.5. The molecule has 0 bridgehead atoms. The lowest BCUT2D eigenvalue weighted by molar-refractivity contribution is -0.122. The third kappa shape index (κ3) is 5.26. The number of benzene rings is 1. The first-order valence-electron chi connectivity index (χ1n) is 7.18. The number of aliphatic hydroxyl groups excluding tert-OH is 1. The van der Waals surface area contributed by atoms with Crippen molar-refractivity contribution in [2.75, 3.05) is 13.7 Å². The Morgan fingerprint density at radius 1 is 1.39 bits per heavy atom. The van der Waals surface area contributed by atoms with Crippen molar-refractivity contribution in [3.05, 3.63) is 36.2 Å². The largest absolute Gasteiger partial charge is 0.493 e. The third-order valence-corrected chi connectivity index (χ3v) is 2.93. The summed E-state index contributed by atoms with van der Waals surface area (Å²) in [7, 11) is 1.57. The van der Waals surface area contributed by atoms with Gasteiger partial charge in [0, 0.05) is 6.54 Å². The molecule has 2 aromatic rings. The minimum absolute atomic E-state index is 0.0361. The van der Waals surface area contributed by atoms with E-state index < -0.39 is 6.10 Å². The lowest BCUT2D eigenvalue weighted by atomic mass is 10.3. The zero-order chi connectivity index (χ0) is 16.7. The summed E-state index contributed by atoms with van der Waals surface area (Å²) >= 11 is 0. The van der Waals surface area contributed by atoms with Crippen molar-refractivity contribution in [2.45, 2.75) is 26.2 Å². The fraction of sp³-hybridized carbons (Fsp3) is 0.400. The number of carbonyl (C=O) groups excluding carboxylic acids is 1. The molecule has 1 atom stereocenters. The number of aliphatic hydroxyl groups is 1. The van der Waals surface area contributed by atoms with Gasteiger partial charge in [-0.15, -0.1) is 5.10 Å². The fourth-order valence-electron chi connectivity index (χ4n) is 1.84. The van der Waals surface area contributed by atoms with Crippen molar-refractivity contribution < 1.29 is 19.4 Å². The number of nitrogens with one attached hydrogen (secondary N) is 1. The van der Waals surface area contributed by atoms with Crippen LogP contribution in [0.1, 0.15) is 12.6 Å². The molecule has 1 aromatic heterocycles. The molecule has 0 aliphatic heterocycles. The summed E-state index contributed by atoms with van der Waals surface area (Å²) in [4.78, 5) is 11.6. The van der Waals surface area contributed by atoms with E-state index in [4.69, 9.17) is 14.6 Å². The highest BCUT2D eigenvalue weighted by Crippen LogP contribution is 2.26. The van der Waals surface area contributed by atoms with Crippen molar-refractivity contribution in [2.24, 2.45) is 0 Å². The molecule has 1 aromatic carbocycles. The van der Waals surface area contributed by atoms with Crippen molar-refractivity contribution in [3.8, 4) is 11.5 Å². The number of rotatable bonds is 8. The zero-order valence-electron chi connectivity index (χ0n) is 13.1. The Balaban J connectivity index is 1.86. The maximum atomic E-state index is 11.6. The van der Waals surface area contributed by atoms with Gasteiger partial charge in [0.2, 0.25) is 5.91 Å². The van der Waals surface area contributed by atoms with Crippen LogP contribution >= 0.6 is 0 Å². The first-order chi connectivity index (χ1) is 11.1. The molecule has 0 saturated carbocycles. The second-order valence-corrected chi connectivity index (χ2v) is 5.00. The van der Waals surface area contributed by atoms with E-state index in [0.717, 1.165) is 0 Å². The van der Waals surface area contributed by atoms with Gasteiger partial charge < -0.3 is 19.9 Å². The maximum Gasteiger partial charge on any atom is 0.241 e. The SMILES string of the molecule is COc1ccccc1OCc1cn(CC(=O)NC[C@H](C)O)nn1. The van der Waals surface area contributed by atoms with E-state index in [1.54, 1.807) is 32.4 Å². The first-order valence-corrected chi connectivity index (χ1v) is 7.18. The highest BCUT2D eigenvalue weighted by molar-refractivity contribution is 5.75. The number of para-hydroxylation sites is 2. The molecule has 8 heteroatoms. The van der Waals surface area contributed by atoms with Gasteiger partial charge in [-0.25, -0.2) is 4.68 Å². The van der Waals surface area contributed by atoms with E-state index >= 15 is 0 Å². The monoisotopic (exact) mass is 320 g/mol. The Morgan fingerprint density at radius 2 is 2.13 bits per heavy atom. The van der Waals surface area contributed by atoms with Crippen LogP contribution in [-0.4, -0.2) is 45.8 Å². The van der Waals surface area contributed by atoms with Crippen LogP contribution in [0.25, 0.3) is 0 Å². The van der Waals surface area contributed by atoms with Crippen LogP contribution in [0.15, 0.2) is 30.5 Å². The van der Waals surface area contributed by atoms with E-state index in [1.165, 1.54) is 4.68 Å². The summed E-state index contributed by atoms with van der Waals surface area (Å²) < 4.78 is 12.3. The molecule has 2 N–H and O–H groups in total. The second kappa shape index (κ2) is 8.14.